The van der Waals surface area contributed by atoms with Crippen molar-refractivity contribution in [3.05, 3.63) is 30.3 Å². The van der Waals surface area contributed by atoms with Crippen LogP contribution in [-0.2, 0) is 4.79 Å². The minimum Gasteiger partial charge on any atom is -0.351 e. The minimum absolute atomic E-state index is 0.194. The number of benzene rings is 1. The highest BCUT2D eigenvalue weighted by Crippen LogP contribution is 2.20. The van der Waals surface area contributed by atoms with Gasteiger partial charge in [-0.2, -0.15) is 0 Å². The van der Waals surface area contributed by atoms with Gasteiger partial charge in [-0.25, -0.2) is 4.99 Å². The van der Waals surface area contributed by atoms with Crippen LogP contribution in [0.2, 0.25) is 0 Å². The zero-order valence-corrected chi connectivity index (χ0v) is 11.4. The zero-order chi connectivity index (χ0) is 12.8. The molecule has 0 bridgehead atoms. The first-order chi connectivity index (χ1) is 8.75. The Kier molecular flexibility index (Phi) is 4.81. The molecule has 18 heavy (non-hydrogen) atoms. The van der Waals surface area contributed by atoms with E-state index in [0.717, 1.165) is 23.9 Å². The first-order valence-corrected chi connectivity index (χ1v) is 7.25. The standard InChI is InChI=1S/C14H18N2OS/c1-12(17)11-18-14(16-9-5-6-10-16)15-13-7-3-2-4-8-13/h2-4,7-8H,5-6,9-11H2,1H3. The van der Waals surface area contributed by atoms with E-state index in [9.17, 15) is 4.79 Å². The fourth-order valence-electron chi connectivity index (χ4n) is 1.88. The molecule has 0 saturated carbocycles. The number of amidine groups is 1. The summed E-state index contributed by atoms with van der Waals surface area (Å²) in [6.45, 7) is 3.73. The summed E-state index contributed by atoms with van der Waals surface area (Å²) in [5.74, 6) is 0.697. The van der Waals surface area contributed by atoms with Gasteiger partial charge in [0, 0.05) is 13.1 Å². The Bertz CT molecular complexity index is 425. The monoisotopic (exact) mass is 262 g/mol. The van der Waals surface area contributed by atoms with Gasteiger partial charge < -0.3 is 4.90 Å². The predicted molar refractivity (Wildman–Crippen MR) is 77.5 cm³/mol. The molecule has 4 heteroatoms. The van der Waals surface area contributed by atoms with Crippen LogP contribution in [0.25, 0.3) is 0 Å². The summed E-state index contributed by atoms with van der Waals surface area (Å²) in [5.41, 5.74) is 0.954. The molecule has 1 aliphatic heterocycles. The van der Waals surface area contributed by atoms with Crippen molar-refractivity contribution in [1.29, 1.82) is 0 Å². The van der Waals surface area contributed by atoms with E-state index >= 15 is 0 Å². The highest BCUT2D eigenvalue weighted by Gasteiger charge is 2.17. The summed E-state index contributed by atoms with van der Waals surface area (Å²) in [5, 5.41) is 0.980. The second-order valence-corrected chi connectivity index (χ2v) is 5.36. The van der Waals surface area contributed by atoms with E-state index in [1.165, 1.54) is 12.8 Å². The Labute approximate surface area is 112 Å². The molecule has 1 aromatic rings. The largest absolute Gasteiger partial charge is 0.351 e. The van der Waals surface area contributed by atoms with Crippen LogP contribution in [0.1, 0.15) is 19.8 Å². The predicted octanol–water partition coefficient (Wildman–Crippen LogP) is 3.09. The average Bonchev–Trinajstić information content (AvgIpc) is 2.89. The number of rotatable bonds is 3. The number of likely N-dealkylation sites (tertiary alicyclic amines) is 1. The zero-order valence-electron chi connectivity index (χ0n) is 10.6. The summed E-state index contributed by atoms with van der Waals surface area (Å²) in [7, 11) is 0. The highest BCUT2D eigenvalue weighted by atomic mass is 32.2. The number of aliphatic imine (C=N–C) groups is 1. The number of ketones is 1. The van der Waals surface area contributed by atoms with E-state index in [-0.39, 0.29) is 5.78 Å². The van der Waals surface area contributed by atoms with E-state index in [0.29, 0.717) is 5.75 Å². The number of hydrogen-bond acceptors (Lipinski definition) is 3. The second-order valence-electron chi connectivity index (χ2n) is 4.41. The van der Waals surface area contributed by atoms with Gasteiger partial charge in [0.2, 0.25) is 0 Å². The number of carbonyl (C=O) groups is 1. The minimum atomic E-state index is 0.194. The Morgan fingerprint density at radius 3 is 2.56 bits per heavy atom. The molecule has 1 aliphatic rings. The lowest BCUT2D eigenvalue weighted by atomic mass is 10.3. The van der Waals surface area contributed by atoms with Crippen LogP contribution < -0.4 is 0 Å². The molecule has 0 aromatic heterocycles. The first-order valence-electron chi connectivity index (χ1n) is 6.26. The van der Waals surface area contributed by atoms with E-state index in [2.05, 4.69) is 9.89 Å². The van der Waals surface area contributed by atoms with Crippen LogP contribution in [0, 0.1) is 0 Å². The smallest absolute Gasteiger partial charge is 0.164 e. The maximum Gasteiger partial charge on any atom is 0.164 e. The van der Waals surface area contributed by atoms with E-state index in [1.54, 1.807) is 18.7 Å². The number of carbonyl (C=O) groups excluding carboxylic acids is 1. The van der Waals surface area contributed by atoms with Crippen LogP contribution >= 0.6 is 11.8 Å². The normalized spacial score (nSPS) is 16.1. The molecule has 0 unspecified atom stereocenters. The van der Waals surface area contributed by atoms with Crippen molar-refractivity contribution in [3.8, 4) is 0 Å². The number of Topliss-reactive ketones (excluding diaryl/α,β-unsaturated/α-hetero) is 1. The summed E-state index contributed by atoms with van der Waals surface area (Å²) >= 11 is 1.55. The summed E-state index contributed by atoms with van der Waals surface area (Å²) in [4.78, 5) is 18.1. The van der Waals surface area contributed by atoms with Crippen LogP contribution in [0.4, 0.5) is 5.69 Å². The Balaban J connectivity index is 2.12. The van der Waals surface area contributed by atoms with Gasteiger partial charge in [-0.15, -0.1) is 0 Å². The van der Waals surface area contributed by atoms with Gasteiger partial charge >= 0.3 is 0 Å². The maximum atomic E-state index is 11.1. The molecule has 0 atom stereocenters. The van der Waals surface area contributed by atoms with Crippen molar-refractivity contribution in [2.75, 3.05) is 18.8 Å². The molecular weight excluding hydrogens is 244 g/mol. The number of thioether (sulfide) groups is 1. The lowest BCUT2D eigenvalue weighted by molar-refractivity contribution is -0.114. The van der Waals surface area contributed by atoms with Crippen molar-refractivity contribution in [2.45, 2.75) is 19.8 Å². The molecule has 0 N–H and O–H groups in total. The van der Waals surface area contributed by atoms with Gasteiger partial charge in [0.05, 0.1) is 11.4 Å². The third kappa shape index (κ3) is 3.88. The molecule has 0 amide bonds. The number of hydrogen-bond donors (Lipinski definition) is 0. The lowest BCUT2D eigenvalue weighted by Gasteiger charge is -2.18. The van der Waals surface area contributed by atoms with E-state index < -0.39 is 0 Å². The van der Waals surface area contributed by atoms with Gasteiger partial charge in [-0.05, 0) is 31.9 Å². The van der Waals surface area contributed by atoms with Gasteiger partial charge in [0.25, 0.3) is 0 Å². The van der Waals surface area contributed by atoms with Crippen molar-refractivity contribution in [1.82, 2.24) is 4.90 Å². The van der Waals surface area contributed by atoms with Gasteiger partial charge in [-0.3, -0.25) is 4.79 Å². The number of para-hydroxylation sites is 1. The molecule has 1 aromatic carbocycles. The van der Waals surface area contributed by atoms with E-state index in [4.69, 9.17) is 0 Å². The molecule has 1 heterocycles. The average molecular weight is 262 g/mol. The van der Waals surface area contributed by atoms with Crippen LogP contribution in [0.3, 0.4) is 0 Å². The molecule has 0 aliphatic carbocycles. The molecule has 0 spiro atoms. The molecule has 2 rings (SSSR count). The molecular formula is C14H18N2OS. The summed E-state index contributed by atoms with van der Waals surface area (Å²) < 4.78 is 0. The molecule has 3 nitrogen and oxygen atoms in total. The van der Waals surface area contributed by atoms with Crippen LogP contribution in [-0.4, -0.2) is 34.7 Å². The van der Waals surface area contributed by atoms with Crippen molar-refractivity contribution >= 4 is 28.4 Å². The molecule has 96 valence electrons. The topological polar surface area (TPSA) is 32.7 Å². The first kappa shape index (κ1) is 13.1. The molecule has 1 fully saturated rings. The SMILES string of the molecule is CC(=O)CSC(=Nc1ccccc1)N1CCCC1. The highest BCUT2D eigenvalue weighted by molar-refractivity contribution is 8.14. The van der Waals surface area contributed by atoms with Crippen molar-refractivity contribution < 1.29 is 4.79 Å². The van der Waals surface area contributed by atoms with Crippen molar-refractivity contribution in [3.63, 3.8) is 0 Å². The fourth-order valence-corrected chi connectivity index (χ4v) is 2.75. The molecule has 1 saturated heterocycles. The van der Waals surface area contributed by atoms with E-state index in [1.807, 2.05) is 30.3 Å². The quantitative estimate of drug-likeness (QED) is 0.620. The fraction of sp³-hybridized carbons (Fsp3) is 0.429. The second kappa shape index (κ2) is 6.59. The molecule has 0 radical (unpaired) electrons. The van der Waals surface area contributed by atoms with Crippen molar-refractivity contribution in [2.24, 2.45) is 4.99 Å². The van der Waals surface area contributed by atoms with Crippen LogP contribution in [0.5, 0.6) is 0 Å². The Morgan fingerprint density at radius 2 is 1.94 bits per heavy atom. The van der Waals surface area contributed by atoms with Gasteiger partial charge in [-0.1, -0.05) is 30.0 Å². The third-order valence-corrected chi connectivity index (χ3v) is 3.92. The van der Waals surface area contributed by atoms with Crippen LogP contribution in [0.15, 0.2) is 35.3 Å². The summed E-state index contributed by atoms with van der Waals surface area (Å²) in [6, 6.07) is 9.93. The van der Waals surface area contributed by atoms with Gasteiger partial charge in [0.1, 0.15) is 5.78 Å². The lowest BCUT2D eigenvalue weighted by Crippen LogP contribution is -2.25. The van der Waals surface area contributed by atoms with Gasteiger partial charge in [0.15, 0.2) is 5.17 Å². The number of nitrogens with zero attached hydrogens (tertiary/aromatic N) is 2. The maximum absolute atomic E-state index is 11.1. The Morgan fingerprint density at radius 1 is 1.28 bits per heavy atom. The Hall–Kier alpha value is -1.29. The third-order valence-electron chi connectivity index (χ3n) is 2.76. The summed E-state index contributed by atoms with van der Waals surface area (Å²) in [6.07, 6.45) is 2.43.